The fraction of sp³-hybridized carbons (Fsp3) is 0.500. The van der Waals surface area contributed by atoms with Crippen molar-refractivity contribution in [3.8, 4) is 5.75 Å². The first-order valence-corrected chi connectivity index (χ1v) is 9.09. The molecule has 1 aromatic carbocycles. The monoisotopic (exact) mass is 378 g/mol. The molecule has 0 spiro atoms. The van der Waals surface area contributed by atoms with Crippen molar-refractivity contribution in [1.82, 2.24) is 20.1 Å². The standard InChI is InChI=1S/C18H23ClN4O3/c1-3-26-18-12(5-4-6-14(18)19)9-17(24)20-13-7-8-16-21-15(11-25-2)22-23(16)10-13/h4-6,13H,3,7-11H2,1-2H3,(H,20,24). The number of fused-ring (bicyclic) bond motifs is 1. The molecule has 0 saturated heterocycles. The number of amides is 1. The minimum absolute atomic E-state index is 0.0295. The van der Waals surface area contributed by atoms with E-state index in [1.54, 1.807) is 13.2 Å². The van der Waals surface area contributed by atoms with Gasteiger partial charge in [-0.1, -0.05) is 23.7 Å². The zero-order chi connectivity index (χ0) is 18.5. The van der Waals surface area contributed by atoms with E-state index in [1.807, 2.05) is 23.7 Å². The second-order valence-corrected chi connectivity index (χ2v) is 6.61. The number of carbonyl (C=O) groups excluding carboxylic acids is 1. The van der Waals surface area contributed by atoms with Gasteiger partial charge in [-0.15, -0.1) is 0 Å². The fourth-order valence-corrected chi connectivity index (χ4v) is 3.37. The molecule has 0 bridgehead atoms. The summed E-state index contributed by atoms with van der Waals surface area (Å²) in [5.74, 6) is 2.14. The number of rotatable bonds is 7. The molecule has 0 fully saturated rings. The Morgan fingerprint density at radius 2 is 2.31 bits per heavy atom. The first kappa shape index (κ1) is 18.7. The van der Waals surface area contributed by atoms with Crippen molar-refractivity contribution >= 4 is 17.5 Å². The second kappa shape index (κ2) is 8.51. The number of hydrogen-bond acceptors (Lipinski definition) is 5. The maximum Gasteiger partial charge on any atom is 0.224 e. The molecule has 1 aliphatic rings. The second-order valence-electron chi connectivity index (χ2n) is 6.20. The van der Waals surface area contributed by atoms with E-state index in [0.717, 1.165) is 24.2 Å². The van der Waals surface area contributed by atoms with Crippen molar-refractivity contribution in [2.24, 2.45) is 0 Å². The molecule has 3 rings (SSSR count). The van der Waals surface area contributed by atoms with E-state index in [9.17, 15) is 4.79 Å². The lowest BCUT2D eigenvalue weighted by molar-refractivity contribution is -0.121. The van der Waals surface area contributed by atoms with Gasteiger partial charge in [0.05, 0.1) is 24.6 Å². The number of hydrogen-bond donors (Lipinski definition) is 1. The van der Waals surface area contributed by atoms with Crippen LogP contribution in [0.15, 0.2) is 18.2 Å². The molecule has 8 heteroatoms. The van der Waals surface area contributed by atoms with E-state index in [4.69, 9.17) is 21.1 Å². The van der Waals surface area contributed by atoms with Crippen LogP contribution in [0.1, 0.15) is 30.6 Å². The van der Waals surface area contributed by atoms with Crippen molar-refractivity contribution in [1.29, 1.82) is 0 Å². The van der Waals surface area contributed by atoms with Crippen molar-refractivity contribution in [3.63, 3.8) is 0 Å². The van der Waals surface area contributed by atoms with Gasteiger partial charge in [0.1, 0.15) is 18.2 Å². The third-order valence-corrected chi connectivity index (χ3v) is 4.53. The third kappa shape index (κ3) is 4.34. The van der Waals surface area contributed by atoms with Crippen molar-refractivity contribution in [2.75, 3.05) is 13.7 Å². The van der Waals surface area contributed by atoms with Gasteiger partial charge >= 0.3 is 0 Å². The first-order valence-electron chi connectivity index (χ1n) is 8.71. The molecular formula is C18H23ClN4O3. The highest BCUT2D eigenvalue weighted by molar-refractivity contribution is 6.32. The number of aryl methyl sites for hydroxylation is 1. The lowest BCUT2D eigenvalue weighted by Gasteiger charge is -2.23. The van der Waals surface area contributed by atoms with Crippen LogP contribution in [-0.2, 0) is 35.5 Å². The minimum Gasteiger partial charge on any atom is -0.492 e. The predicted octanol–water partition coefficient (Wildman–Crippen LogP) is 2.15. The van der Waals surface area contributed by atoms with Gasteiger partial charge in [0, 0.05) is 25.1 Å². The number of nitrogens with zero attached hydrogens (tertiary/aromatic N) is 3. The maximum absolute atomic E-state index is 12.5. The van der Waals surface area contributed by atoms with Crippen LogP contribution in [0.4, 0.5) is 0 Å². The number of benzene rings is 1. The molecule has 0 aliphatic carbocycles. The Bertz CT molecular complexity index is 778. The van der Waals surface area contributed by atoms with E-state index in [2.05, 4.69) is 15.4 Å². The van der Waals surface area contributed by atoms with Gasteiger partial charge in [0.15, 0.2) is 5.82 Å². The summed E-state index contributed by atoms with van der Waals surface area (Å²) in [5.41, 5.74) is 0.788. The molecule has 7 nitrogen and oxygen atoms in total. The van der Waals surface area contributed by atoms with Crippen LogP contribution >= 0.6 is 11.6 Å². The Morgan fingerprint density at radius 1 is 1.46 bits per heavy atom. The van der Waals surface area contributed by atoms with Crippen molar-refractivity contribution in [2.45, 2.75) is 45.4 Å². The normalized spacial score (nSPS) is 16.2. The smallest absolute Gasteiger partial charge is 0.224 e. The average Bonchev–Trinajstić information content (AvgIpc) is 3.00. The highest BCUT2D eigenvalue weighted by Gasteiger charge is 2.23. The van der Waals surface area contributed by atoms with Crippen LogP contribution in [0, 0.1) is 0 Å². The van der Waals surface area contributed by atoms with Crippen LogP contribution in [0.3, 0.4) is 0 Å². The predicted molar refractivity (Wildman–Crippen MR) is 97.3 cm³/mol. The summed E-state index contributed by atoms with van der Waals surface area (Å²) >= 11 is 6.18. The van der Waals surface area contributed by atoms with E-state index in [-0.39, 0.29) is 18.4 Å². The molecule has 1 amide bonds. The average molecular weight is 379 g/mol. The van der Waals surface area contributed by atoms with Crippen LogP contribution in [0.5, 0.6) is 5.75 Å². The summed E-state index contributed by atoms with van der Waals surface area (Å²) in [6.07, 6.45) is 1.85. The Morgan fingerprint density at radius 3 is 3.08 bits per heavy atom. The number of halogens is 1. The fourth-order valence-electron chi connectivity index (χ4n) is 3.12. The molecule has 0 radical (unpaired) electrons. The topological polar surface area (TPSA) is 78.3 Å². The Kier molecular flexibility index (Phi) is 6.11. The third-order valence-electron chi connectivity index (χ3n) is 4.23. The zero-order valence-electron chi connectivity index (χ0n) is 15.0. The van der Waals surface area contributed by atoms with Gasteiger partial charge in [0.2, 0.25) is 5.91 Å². The van der Waals surface area contributed by atoms with Gasteiger partial charge < -0.3 is 14.8 Å². The summed E-state index contributed by atoms with van der Waals surface area (Å²) in [7, 11) is 1.62. The van der Waals surface area contributed by atoms with Gasteiger partial charge in [-0.3, -0.25) is 4.79 Å². The lowest BCUT2D eigenvalue weighted by Crippen LogP contribution is -2.42. The number of nitrogens with one attached hydrogen (secondary N) is 1. The van der Waals surface area contributed by atoms with Gasteiger partial charge in [-0.05, 0) is 19.4 Å². The van der Waals surface area contributed by atoms with E-state index < -0.39 is 0 Å². The van der Waals surface area contributed by atoms with E-state index >= 15 is 0 Å². The quantitative estimate of drug-likeness (QED) is 0.798. The summed E-state index contributed by atoms with van der Waals surface area (Å²) in [6.45, 7) is 3.40. The molecular weight excluding hydrogens is 356 g/mol. The van der Waals surface area contributed by atoms with Crippen LogP contribution < -0.4 is 10.1 Å². The number of methoxy groups -OCH3 is 1. The number of aromatic nitrogens is 3. The molecule has 1 N–H and O–H groups in total. The largest absolute Gasteiger partial charge is 0.492 e. The molecule has 1 unspecified atom stereocenters. The Balaban J connectivity index is 1.61. The zero-order valence-corrected chi connectivity index (χ0v) is 15.8. The molecule has 1 aliphatic heterocycles. The number of carbonyl (C=O) groups is 1. The van der Waals surface area contributed by atoms with Gasteiger partial charge in [0.25, 0.3) is 0 Å². The molecule has 0 saturated carbocycles. The number of ether oxygens (including phenoxy) is 2. The van der Waals surface area contributed by atoms with Crippen molar-refractivity contribution in [3.05, 3.63) is 40.4 Å². The Hall–Kier alpha value is -2.12. The van der Waals surface area contributed by atoms with E-state index in [0.29, 0.717) is 36.4 Å². The first-order chi connectivity index (χ1) is 12.6. The van der Waals surface area contributed by atoms with Crippen LogP contribution in [-0.4, -0.2) is 40.4 Å². The highest BCUT2D eigenvalue weighted by atomic mass is 35.5. The highest BCUT2D eigenvalue weighted by Crippen LogP contribution is 2.29. The number of para-hydroxylation sites is 1. The summed E-state index contributed by atoms with van der Waals surface area (Å²) in [5, 5.41) is 8.03. The molecule has 140 valence electrons. The van der Waals surface area contributed by atoms with Gasteiger partial charge in [-0.25, -0.2) is 9.67 Å². The SMILES string of the molecule is CCOc1c(Cl)cccc1CC(=O)NC1CCc2nc(COC)nn2C1. The van der Waals surface area contributed by atoms with Crippen molar-refractivity contribution < 1.29 is 14.3 Å². The summed E-state index contributed by atoms with van der Waals surface area (Å²) in [4.78, 5) is 16.9. The van der Waals surface area contributed by atoms with Crippen LogP contribution in [0.25, 0.3) is 0 Å². The molecule has 26 heavy (non-hydrogen) atoms. The molecule has 2 aromatic rings. The maximum atomic E-state index is 12.5. The van der Waals surface area contributed by atoms with E-state index in [1.165, 1.54) is 0 Å². The molecule has 1 aromatic heterocycles. The lowest BCUT2D eigenvalue weighted by atomic mass is 10.1. The molecule has 2 heterocycles. The Labute approximate surface area is 157 Å². The molecule has 1 atom stereocenters. The minimum atomic E-state index is -0.0566. The summed E-state index contributed by atoms with van der Waals surface area (Å²) in [6, 6.07) is 5.48. The van der Waals surface area contributed by atoms with Gasteiger partial charge in [-0.2, -0.15) is 5.10 Å². The van der Waals surface area contributed by atoms with Crippen LogP contribution in [0.2, 0.25) is 5.02 Å². The summed E-state index contributed by atoms with van der Waals surface area (Å²) < 4.78 is 12.5.